The molecule has 7 heteroatoms. The number of carbonyl (C=O) groups is 1. The summed E-state index contributed by atoms with van der Waals surface area (Å²) in [6.07, 6.45) is 0. The summed E-state index contributed by atoms with van der Waals surface area (Å²) in [4.78, 5) is 14.2. The van der Waals surface area contributed by atoms with Crippen LogP contribution in [-0.4, -0.2) is 49.1 Å². The molecule has 1 heterocycles. The Morgan fingerprint density at radius 2 is 1.95 bits per heavy atom. The number of amides is 1. The number of halogens is 1. The molecule has 2 rings (SSSR count). The van der Waals surface area contributed by atoms with Gasteiger partial charge < -0.3 is 4.90 Å². The summed E-state index contributed by atoms with van der Waals surface area (Å²) < 4.78 is 35.9. The molecule has 0 spiro atoms. The third-order valence-electron chi connectivity index (χ3n) is 3.29. The molecule has 1 aliphatic rings. The Morgan fingerprint density at radius 1 is 1.35 bits per heavy atom. The van der Waals surface area contributed by atoms with Crippen molar-refractivity contribution in [3.63, 3.8) is 0 Å². The minimum absolute atomic E-state index is 0.0816. The molecule has 0 atom stereocenters. The lowest BCUT2D eigenvalue weighted by Gasteiger charge is -2.38. The maximum Gasteiger partial charge on any atom is 0.233 e. The van der Waals surface area contributed by atoms with Gasteiger partial charge in [-0.15, -0.1) is 11.8 Å². The maximum absolute atomic E-state index is 12.7. The molecular weight excluding hydrogens is 301 g/mol. The lowest BCUT2D eigenvalue weighted by Crippen LogP contribution is -2.57. The van der Waals surface area contributed by atoms with Crippen LogP contribution >= 0.6 is 11.8 Å². The molecular formula is C13H16FNO3S2. The molecule has 110 valence electrons. The second-order valence-corrected chi connectivity index (χ2v) is 8.23. The van der Waals surface area contributed by atoms with Gasteiger partial charge in [-0.2, -0.15) is 0 Å². The van der Waals surface area contributed by atoms with Gasteiger partial charge in [0, 0.05) is 23.7 Å². The van der Waals surface area contributed by atoms with E-state index in [1.54, 1.807) is 24.0 Å². The van der Waals surface area contributed by atoms with Crippen LogP contribution in [0.3, 0.4) is 0 Å². The number of thioether (sulfide) groups is 1. The first kappa shape index (κ1) is 15.3. The second-order valence-electron chi connectivity index (χ2n) is 4.61. The zero-order valence-corrected chi connectivity index (χ0v) is 12.7. The highest BCUT2D eigenvalue weighted by Gasteiger charge is 2.38. The van der Waals surface area contributed by atoms with Crippen LogP contribution < -0.4 is 0 Å². The van der Waals surface area contributed by atoms with E-state index in [0.29, 0.717) is 13.1 Å². The summed E-state index contributed by atoms with van der Waals surface area (Å²) in [5.41, 5.74) is 0. The van der Waals surface area contributed by atoms with Crippen molar-refractivity contribution in [2.75, 3.05) is 24.6 Å². The number of carbonyl (C=O) groups excluding carboxylic acids is 1. The molecule has 0 radical (unpaired) electrons. The molecule has 0 bridgehead atoms. The summed E-state index contributed by atoms with van der Waals surface area (Å²) in [6, 6.07) is 5.93. The van der Waals surface area contributed by atoms with E-state index in [1.165, 1.54) is 23.9 Å². The maximum atomic E-state index is 12.7. The average Bonchev–Trinajstić information content (AvgIpc) is 2.36. The largest absolute Gasteiger partial charge is 0.339 e. The average molecular weight is 317 g/mol. The van der Waals surface area contributed by atoms with Gasteiger partial charge in [-0.3, -0.25) is 4.79 Å². The molecule has 1 fully saturated rings. The fraction of sp³-hybridized carbons (Fsp3) is 0.462. The Hall–Kier alpha value is -1.08. The van der Waals surface area contributed by atoms with Crippen LogP contribution in [0.5, 0.6) is 0 Å². The quantitative estimate of drug-likeness (QED) is 0.774. The van der Waals surface area contributed by atoms with E-state index in [4.69, 9.17) is 0 Å². The van der Waals surface area contributed by atoms with E-state index < -0.39 is 15.1 Å². The van der Waals surface area contributed by atoms with Crippen molar-refractivity contribution >= 4 is 27.5 Å². The molecule has 0 unspecified atom stereocenters. The predicted molar refractivity (Wildman–Crippen MR) is 77.0 cm³/mol. The SMILES string of the molecule is CCS(=O)(=O)C1CN(C(=O)CSc2ccc(F)cc2)C1. The van der Waals surface area contributed by atoms with Crippen molar-refractivity contribution in [3.8, 4) is 0 Å². The first-order chi connectivity index (χ1) is 9.42. The fourth-order valence-corrected chi connectivity index (χ4v) is 3.96. The summed E-state index contributed by atoms with van der Waals surface area (Å²) in [5, 5.41) is -0.410. The molecule has 0 aliphatic carbocycles. The lowest BCUT2D eigenvalue weighted by atomic mass is 10.2. The van der Waals surface area contributed by atoms with Crippen LogP contribution in [0.1, 0.15) is 6.92 Å². The molecule has 0 aromatic heterocycles. The van der Waals surface area contributed by atoms with Gasteiger partial charge in [0.2, 0.25) is 5.91 Å². The minimum atomic E-state index is -3.04. The van der Waals surface area contributed by atoms with Crippen molar-refractivity contribution in [3.05, 3.63) is 30.1 Å². The minimum Gasteiger partial charge on any atom is -0.339 e. The molecule has 20 heavy (non-hydrogen) atoms. The Labute approximate surface area is 122 Å². The number of sulfone groups is 1. The Balaban J connectivity index is 1.79. The highest BCUT2D eigenvalue weighted by molar-refractivity contribution is 8.00. The van der Waals surface area contributed by atoms with Gasteiger partial charge in [-0.25, -0.2) is 12.8 Å². The zero-order valence-electron chi connectivity index (χ0n) is 11.1. The van der Waals surface area contributed by atoms with Gasteiger partial charge in [0.25, 0.3) is 0 Å². The monoisotopic (exact) mass is 317 g/mol. The highest BCUT2D eigenvalue weighted by atomic mass is 32.2. The van der Waals surface area contributed by atoms with E-state index in [0.717, 1.165) is 4.90 Å². The number of likely N-dealkylation sites (tertiary alicyclic amines) is 1. The van der Waals surface area contributed by atoms with Crippen LogP contribution in [0, 0.1) is 5.82 Å². The highest BCUT2D eigenvalue weighted by Crippen LogP contribution is 2.22. The van der Waals surface area contributed by atoms with Gasteiger partial charge >= 0.3 is 0 Å². The Kier molecular flexibility index (Phi) is 4.70. The topological polar surface area (TPSA) is 54.5 Å². The number of hydrogen-bond donors (Lipinski definition) is 0. The van der Waals surface area contributed by atoms with Crippen LogP contribution in [0.2, 0.25) is 0 Å². The van der Waals surface area contributed by atoms with E-state index in [2.05, 4.69) is 0 Å². The molecule has 1 amide bonds. The summed E-state index contributed by atoms with van der Waals surface area (Å²) in [7, 11) is -3.04. The van der Waals surface area contributed by atoms with Crippen LogP contribution in [-0.2, 0) is 14.6 Å². The van der Waals surface area contributed by atoms with Crippen LogP contribution in [0.4, 0.5) is 4.39 Å². The zero-order chi connectivity index (χ0) is 14.8. The molecule has 1 aromatic rings. The number of benzene rings is 1. The lowest BCUT2D eigenvalue weighted by molar-refractivity contribution is -0.131. The number of nitrogens with zero attached hydrogens (tertiary/aromatic N) is 1. The molecule has 1 saturated heterocycles. The molecule has 1 aromatic carbocycles. The normalized spacial score (nSPS) is 16.0. The van der Waals surface area contributed by atoms with Crippen molar-refractivity contribution in [1.82, 2.24) is 4.90 Å². The van der Waals surface area contributed by atoms with Crippen LogP contribution in [0.25, 0.3) is 0 Å². The van der Waals surface area contributed by atoms with E-state index in [1.807, 2.05) is 0 Å². The third-order valence-corrected chi connectivity index (χ3v) is 6.40. The number of hydrogen-bond acceptors (Lipinski definition) is 4. The Bertz CT molecular complexity index is 580. The predicted octanol–water partition coefficient (Wildman–Crippen LogP) is 1.56. The first-order valence-electron chi connectivity index (χ1n) is 6.30. The van der Waals surface area contributed by atoms with Gasteiger partial charge in [-0.1, -0.05) is 6.92 Å². The van der Waals surface area contributed by atoms with Crippen molar-refractivity contribution in [2.24, 2.45) is 0 Å². The van der Waals surface area contributed by atoms with Gasteiger partial charge in [0.15, 0.2) is 9.84 Å². The van der Waals surface area contributed by atoms with E-state index in [-0.39, 0.29) is 23.2 Å². The van der Waals surface area contributed by atoms with Gasteiger partial charge in [0.1, 0.15) is 5.82 Å². The van der Waals surface area contributed by atoms with Crippen molar-refractivity contribution in [2.45, 2.75) is 17.1 Å². The standard InChI is InChI=1S/C13H16FNO3S2/c1-2-20(17,18)12-7-15(8-12)13(16)9-19-11-5-3-10(14)4-6-11/h3-6,12H,2,7-9H2,1H3. The smallest absolute Gasteiger partial charge is 0.233 e. The molecule has 1 aliphatic heterocycles. The molecule has 0 N–H and O–H groups in total. The third kappa shape index (κ3) is 3.52. The summed E-state index contributed by atoms with van der Waals surface area (Å²) >= 11 is 1.32. The summed E-state index contributed by atoms with van der Waals surface area (Å²) in [6.45, 7) is 2.20. The van der Waals surface area contributed by atoms with Gasteiger partial charge in [0.05, 0.1) is 11.0 Å². The molecule has 4 nitrogen and oxygen atoms in total. The number of rotatable bonds is 5. The van der Waals surface area contributed by atoms with Gasteiger partial charge in [-0.05, 0) is 24.3 Å². The van der Waals surface area contributed by atoms with Crippen molar-refractivity contribution in [1.29, 1.82) is 0 Å². The Morgan fingerprint density at radius 3 is 2.50 bits per heavy atom. The van der Waals surface area contributed by atoms with E-state index >= 15 is 0 Å². The van der Waals surface area contributed by atoms with Crippen LogP contribution in [0.15, 0.2) is 29.2 Å². The molecule has 0 saturated carbocycles. The van der Waals surface area contributed by atoms with Crippen molar-refractivity contribution < 1.29 is 17.6 Å². The first-order valence-corrected chi connectivity index (χ1v) is 9.00. The van der Waals surface area contributed by atoms with E-state index in [9.17, 15) is 17.6 Å². The fourth-order valence-electron chi connectivity index (χ4n) is 1.87. The summed E-state index contributed by atoms with van der Waals surface area (Å²) in [5.74, 6) is -0.0351. The second kappa shape index (κ2) is 6.13.